The predicted molar refractivity (Wildman–Crippen MR) is 121 cm³/mol. The average molecular weight is 463 g/mol. The zero-order valence-electron chi connectivity index (χ0n) is 20.6. The van der Waals surface area contributed by atoms with Gasteiger partial charge in [0.15, 0.2) is 11.6 Å². The van der Waals surface area contributed by atoms with Crippen molar-refractivity contribution in [3.8, 4) is 0 Å². The number of carbonyl (C=O) groups excluding carboxylic acids is 1. The molecule has 0 aromatic heterocycles. The Labute approximate surface area is 197 Å². The van der Waals surface area contributed by atoms with Crippen molar-refractivity contribution in [1.29, 1.82) is 0 Å². The van der Waals surface area contributed by atoms with Gasteiger partial charge in [-0.05, 0) is 67.1 Å². The molecule has 0 unspecified atom stereocenters. The van der Waals surface area contributed by atoms with E-state index in [1.165, 1.54) is 0 Å². The van der Waals surface area contributed by atoms with E-state index < -0.39 is 29.0 Å². The van der Waals surface area contributed by atoms with E-state index in [2.05, 4.69) is 20.8 Å². The van der Waals surface area contributed by atoms with Crippen LogP contribution in [0.4, 0.5) is 0 Å². The number of aliphatic hydroxyl groups is 3. The fraction of sp³-hybridized carbons (Fsp3) is 0.963. The fourth-order valence-electron chi connectivity index (χ4n) is 10.1. The lowest BCUT2D eigenvalue weighted by atomic mass is 9.42. The predicted octanol–water partition coefficient (Wildman–Crippen LogP) is 3.06. The maximum Gasteiger partial charge on any atom is 0.171 e. The molecule has 0 amide bonds. The van der Waals surface area contributed by atoms with Crippen LogP contribution in [-0.2, 0) is 14.3 Å². The highest BCUT2D eigenvalue weighted by Gasteiger charge is 2.72. The Kier molecular flexibility index (Phi) is 4.88. The molecule has 6 rings (SSSR count). The molecular formula is C27H42O6. The van der Waals surface area contributed by atoms with Crippen LogP contribution >= 0.6 is 0 Å². The van der Waals surface area contributed by atoms with Crippen LogP contribution in [0.15, 0.2) is 0 Å². The minimum absolute atomic E-state index is 0.0433. The summed E-state index contributed by atoms with van der Waals surface area (Å²) in [6.07, 6.45) is 3.96. The van der Waals surface area contributed by atoms with Crippen molar-refractivity contribution in [2.75, 3.05) is 6.61 Å². The van der Waals surface area contributed by atoms with E-state index in [-0.39, 0.29) is 42.0 Å². The van der Waals surface area contributed by atoms with Gasteiger partial charge in [-0.25, -0.2) is 0 Å². The Morgan fingerprint density at radius 2 is 1.73 bits per heavy atom. The quantitative estimate of drug-likeness (QED) is 0.512. The van der Waals surface area contributed by atoms with Gasteiger partial charge in [-0.15, -0.1) is 0 Å². The van der Waals surface area contributed by atoms with E-state index >= 15 is 0 Å². The molecule has 33 heavy (non-hydrogen) atoms. The molecule has 4 saturated carbocycles. The molecule has 6 aliphatic rings. The number of ketones is 1. The van der Waals surface area contributed by atoms with Gasteiger partial charge in [0.2, 0.25) is 0 Å². The number of ether oxygens (including phenoxy) is 2. The third-order valence-corrected chi connectivity index (χ3v) is 11.9. The summed E-state index contributed by atoms with van der Waals surface area (Å²) in [5, 5.41) is 32.4. The fourth-order valence-corrected chi connectivity index (χ4v) is 10.1. The highest BCUT2D eigenvalue weighted by atomic mass is 16.7. The molecule has 186 valence electrons. The minimum Gasteiger partial charge on any atom is -0.390 e. The van der Waals surface area contributed by atoms with Crippen molar-refractivity contribution < 1.29 is 29.6 Å². The summed E-state index contributed by atoms with van der Waals surface area (Å²) in [5.74, 6) is 1.53. The van der Waals surface area contributed by atoms with Crippen LogP contribution in [-0.4, -0.2) is 57.4 Å². The monoisotopic (exact) mass is 462 g/mol. The molecule has 2 saturated heterocycles. The van der Waals surface area contributed by atoms with Crippen LogP contribution in [0.2, 0.25) is 0 Å². The second-order valence-corrected chi connectivity index (χ2v) is 13.3. The Morgan fingerprint density at radius 1 is 1.00 bits per heavy atom. The molecule has 4 aliphatic carbocycles. The van der Waals surface area contributed by atoms with E-state index in [9.17, 15) is 20.1 Å². The summed E-state index contributed by atoms with van der Waals surface area (Å²) in [6, 6.07) is 0. The van der Waals surface area contributed by atoms with E-state index in [4.69, 9.17) is 9.47 Å². The minimum atomic E-state index is -1.53. The molecule has 0 aromatic rings. The average Bonchev–Trinajstić information content (AvgIpc) is 3.19. The van der Waals surface area contributed by atoms with E-state index in [0.717, 1.165) is 38.7 Å². The molecule has 0 aromatic carbocycles. The van der Waals surface area contributed by atoms with Gasteiger partial charge in [0.25, 0.3) is 0 Å². The smallest absolute Gasteiger partial charge is 0.171 e. The molecular weight excluding hydrogens is 420 g/mol. The van der Waals surface area contributed by atoms with Crippen molar-refractivity contribution in [2.24, 2.45) is 46.3 Å². The second-order valence-electron chi connectivity index (χ2n) is 13.3. The van der Waals surface area contributed by atoms with Gasteiger partial charge in [0.1, 0.15) is 5.60 Å². The molecule has 3 N–H and O–H groups in total. The van der Waals surface area contributed by atoms with E-state index in [1.807, 2.05) is 6.92 Å². The van der Waals surface area contributed by atoms with Crippen LogP contribution in [0.5, 0.6) is 0 Å². The summed E-state index contributed by atoms with van der Waals surface area (Å²) in [5.41, 5.74) is -2.13. The summed E-state index contributed by atoms with van der Waals surface area (Å²) >= 11 is 0. The zero-order valence-corrected chi connectivity index (χ0v) is 20.6. The molecule has 1 spiro atoms. The maximum absolute atomic E-state index is 13.4. The number of rotatable bonds is 0. The van der Waals surface area contributed by atoms with Crippen molar-refractivity contribution in [3.05, 3.63) is 0 Å². The Morgan fingerprint density at radius 3 is 2.42 bits per heavy atom. The van der Waals surface area contributed by atoms with Crippen LogP contribution in [0.1, 0.15) is 79.1 Å². The largest absolute Gasteiger partial charge is 0.390 e. The molecule has 2 heterocycles. The molecule has 0 radical (unpaired) electrons. The van der Waals surface area contributed by atoms with Crippen molar-refractivity contribution in [3.63, 3.8) is 0 Å². The van der Waals surface area contributed by atoms with Gasteiger partial charge in [-0.1, -0.05) is 27.7 Å². The van der Waals surface area contributed by atoms with Crippen LogP contribution in [0.3, 0.4) is 0 Å². The lowest BCUT2D eigenvalue weighted by Crippen LogP contribution is -2.69. The highest BCUT2D eigenvalue weighted by Crippen LogP contribution is 2.71. The van der Waals surface area contributed by atoms with Gasteiger partial charge >= 0.3 is 0 Å². The van der Waals surface area contributed by atoms with Gasteiger partial charge in [0, 0.05) is 30.6 Å². The number of fused-ring (bicyclic) bond motifs is 7. The Bertz CT molecular complexity index is 836. The van der Waals surface area contributed by atoms with Gasteiger partial charge in [-0.3, -0.25) is 4.79 Å². The summed E-state index contributed by atoms with van der Waals surface area (Å²) < 4.78 is 13.2. The zero-order chi connectivity index (χ0) is 23.6. The highest BCUT2D eigenvalue weighted by molar-refractivity contribution is 5.89. The molecule has 0 bridgehead atoms. The molecule has 6 nitrogen and oxygen atoms in total. The van der Waals surface area contributed by atoms with Crippen molar-refractivity contribution in [2.45, 2.75) is 109 Å². The number of hydrogen-bond acceptors (Lipinski definition) is 6. The van der Waals surface area contributed by atoms with Crippen LogP contribution in [0.25, 0.3) is 0 Å². The first-order chi connectivity index (χ1) is 15.5. The molecule has 6 fully saturated rings. The second kappa shape index (κ2) is 7.03. The van der Waals surface area contributed by atoms with Gasteiger partial charge < -0.3 is 24.8 Å². The molecule has 13 atom stereocenters. The van der Waals surface area contributed by atoms with Gasteiger partial charge in [0.05, 0.1) is 24.9 Å². The molecule has 2 aliphatic heterocycles. The summed E-state index contributed by atoms with van der Waals surface area (Å²) in [4.78, 5) is 13.4. The topological polar surface area (TPSA) is 96.2 Å². The SMILES string of the molecule is C[C@@H]1CC[C@@]2(OC1)O[C@@H]1C[C@@H]3[C@@H]4CC(=O)[C@]5(O)C[C@H](O)[C@H](O)C[C@]5(C)[C@H]4CC[C@]3(C)[C@H]1[C@@H]2C. The first-order valence-corrected chi connectivity index (χ1v) is 13.4. The van der Waals surface area contributed by atoms with E-state index in [0.29, 0.717) is 30.1 Å². The third kappa shape index (κ3) is 2.76. The number of aliphatic hydroxyl groups excluding tert-OH is 2. The maximum atomic E-state index is 13.4. The summed E-state index contributed by atoms with van der Waals surface area (Å²) in [7, 11) is 0. The van der Waals surface area contributed by atoms with Crippen LogP contribution in [0, 0.1) is 46.3 Å². The number of carbonyl (C=O) groups is 1. The van der Waals surface area contributed by atoms with Gasteiger partial charge in [-0.2, -0.15) is 0 Å². The third-order valence-electron chi connectivity index (χ3n) is 11.9. The van der Waals surface area contributed by atoms with Crippen LogP contribution < -0.4 is 0 Å². The normalized spacial score (nSPS) is 62.5. The number of hydrogen-bond donors (Lipinski definition) is 3. The van der Waals surface area contributed by atoms with E-state index in [1.54, 1.807) is 0 Å². The van der Waals surface area contributed by atoms with Crippen molar-refractivity contribution in [1.82, 2.24) is 0 Å². The van der Waals surface area contributed by atoms with Crippen molar-refractivity contribution >= 4 is 5.78 Å². The standard InChI is InChI=1S/C27H42O6/c1-14-5-8-27(32-13-14)15(2)23-21(33-27)10-18-16-9-22(30)26(31)12-20(29)19(28)11-25(26,4)17(16)6-7-24(18,23)3/h14-21,23,28-29,31H,5-13H2,1-4H3/t14-,15+,16-,17+,18-,19-,20+,21-,23+,24+,25-,26-,27-/m1/s1. The lowest BCUT2D eigenvalue weighted by Gasteiger charge is -2.63. The first-order valence-electron chi connectivity index (χ1n) is 13.4. The first kappa shape index (κ1) is 22.9. The lowest BCUT2D eigenvalue weighted by molar-refractivity contribution is -0.274. The Balaban J connectivity index is 1.31. The molecule has 6 heteroatoms. The Hall–Kier alpha value is -0.530. The summed E-state index contributed by atoms with van der Waals surface area (Å²) in [6.45, 7) is 9.77. The number of Topliss-reactive ketones (excluding diaryl/α,β-unsaturated/α-hetero) is 1.